The van der Waals surface area contributed by atoms with Crippen LogP contribution in [-0.4, -0.2) is 60.4 Å². The number of halogens is 3. The second-order valence-corrected chi connectivity index (χ2v) is 11.0. The highest BCUT2D eigenvalue weighted by Crippen LogP contribution is 2.36. The molecule has 0 bridgehead atoms. The van der Waals surface area contributed by atoms with Crippen LogP contribution in [0.5, 0.6) is 0 Å². The van der Waals surface area contributed by atoms with Gasteiger partial charge >= 0.3 is 6.09 Å². The first kappa shape index (κ1) is 29.1. The maximum atomic E-state index is 12.7. The van der Waals surface area contributed by atoms with Crippen molar-refractivity contribution in [2.24, 2.45) is 0 Å². The van der Waals surface area contributed by atoms with Crippen molar-refractivity contribution in [3.63, 3.8) is 0 Å². The third kappa shape index (κ3) is 8.29. The second kappa shape index (κ2) is 13.9. The van der Waals surface area contributed by atoms with Gasteiger partial charge in [-0.05, 0) is 5.56 Å². The normalized spacial score (nSPS) is 27.2. The van der Waals surface area contributed by atoms with Crippen LogP contribution in [0.4, 0.5) is 4.79 Å². The Hall–Kier alpha value is -1.92. The van der Waals surface area contributed by atoms with E-state index in [2.05, 4.69) is 11.9 Å². The molecule has 0 saturated carbocycles. The van der Waals surface area contributed by atoms with Crippen molar-refractivity contribution in [1.82, 2.24) is 5.32 Å². The van der Waals surface area contributed by atoms with Crippen molar-refractivity contribution < 1.29 is 38.3 Å². The highest BCUT2D eigenvalue weighted by molar-refractivity contribution is 6.67. The van der Waals surface area contributed by atoms with Gasteiger partial charge in [0.15, 0.2) is 12.6 Å². The Kier molecular flexibility index (Phi) is 10.7. The van der Waals surface area contributed by atoms with E-state index >= 15 is 0 Å². The number of nitrogens with one attached hydrogen (secondary N) is 1. The molecule has 2 aromatic carbocycles. The van der Waals surface area contributed by atoms with Gasteiger partial charge in [-0.3, -0.25) is 0 Å². The smallest absolute Gasteiger partial charge is 0.407 e. The van der Waals surface area contributed by atoms with Crippen LogP contribution in [0, 0.1) is 0 Å². The Morgan fingerprint density at radius 2 is 1.79 bits per heavy atom. The molecule has 12 heteroatoms. The molecule has 2 aromatic rings. The van der Waals surface area contributed by atoms with Gasteiger partial charge in [0.25, 0.3) is 0 Å². The zero-order valence-corrected chi connectivity index (χ0v) is 22.5. The lowest BCUT2D eigenvalue weighted by molar-refractivity contribution is -0.412. The fraction of sp³-hybridized carbons (Fsp3) is 0.423. The fourth-order valence-electron chi connectivity index (χ4n) is 4.00. The van der Waals surface area contributed by atoms with Crippen molar-refractivity contribution in [3.05, 3.63) is 84.4 Å². The Balaban J connectivity index is 1.55. The number of alkyl carbamates (subject to hydrolysis) is 1. The summed E-state index contributed by atoms with van der Waals surface area (Å²) in [6.07, 6.45) is -3.21. The molecule has 6 atom stereocenters. The molecule has 0 aliphatic carbocycles. The molecule has 2 fully saturated rings. The topological polar surface area (TPSA) is 93.7 Å². The number of carbonyl (C=O) groups is 1. The average molecular weight is 589 g/mol. The Labute approximate surface area is 235 Å². The van der Waals surface area contributed by atoms with E-state index in [-0.39, 0.29) is 19.8 Å². The van der Waals surface area contributed by atoms with Crippen LogP contribution in [0.2, 0.25) is 0 Å². The molecule has 0 aromatic heterocycles. The molecule has 1 N–H and O–H groups in total. The molecule has 2 heterocycles. The maximum absolute atomic E-state index is 12.7. The average Bonchev–Trinajstić information content (AvgIpc) is 2.92. The summed E-state index contributed by atoms with van der Waals surface area (Å²) in [5, 5.41) is 2.69. The lowest BCUT2D eigenvalue weighted by Crippen LogP contribution is -2.67. The lowest BCUT2D eigenvalue weighted by Gasteiger charge is -2.48. The molecule has 4 rings (SSSR count). The number of fused-ring (bicyclic) bond motifs is 1. The van der Waals surface area contributed by atoms with Gasteiger partial charge in [0.05, 0.1) is 13.2 Å². The highest BCUT2D eigenvalue weighted by Gasteiger charge is 2.52. The van der Waals surface area contributed by atoms with Crippen LogP contribution in [0.1, 0.15) is 17.4 Å². The zero-order chi connectivity index (χ0) is 27.0. The first-order chi connectivity index (χ1) is 18.3. The SMILES string of the molecule is C=CCO[C@H]1O[C@@H]2COC(c3ccccc3)O[C@H]2[C@H](OOCc2ccccc2)[C@H]1NC(=O)OCC(Cl)(Cl)Cl. The van der Waals surface area contributed by atoms with Crippen molar-refractivity contribution in [2.45, 2.75) is 47.3 Å². The Bertz CT molecular complexity index is 1030. The molecular weight excluding hydrogens is 561 g/mol. The van der Waals surface area contributed by atoms with Gasteiger partial charge < -0.3 is 29.0 Å². The van der Waals surface area contributed by atoms with E-state index in [1.54, 1.807) is 6.08 Å². The van der Waals surface area contributed by atoms with Gasteiger partial charge in [-0.1, -0.05) is 102 Å². The number of alkyl halides is 3. The summed E-state index contributed by atoms with van der Waals surface area (Å²) in [5.41, 5.74) is 1.70. The number of ether oxygens (including phenoxy) is 5. The van der Waals surface area contributed by atoms with Gasteiger partial charge in [0.2, 0.25) is 3.79 Å². The second-order valence-electron chi connectivity index (χ2n) is 8.51. The molecule has 2 aliphatic rings. The van der Waals surface area contributed by atoms with Gasteiger partial charge in [-0.25, -0.2) is 14.6 Å². The minimum Gasteiger partial charge on any atom is -0.445 e. The fourth-order valence-corrected chi connectivity index (χ4v) is 4.17. The molecule has 2 saturated heterocycles. The Morgan fingerprint density at radius 1 is 1.08 bits per heavy atom. The van der Waals surface area contributed by atoms with Gasteiger partial charge in [-0.2, -0.15) is 0 Å². The first-order valence-corrected chi connectivity index (χ1v) is 13.0. The van der Waals surface area contributed by atoms with E-state index in [9.17, 15) is 4.79 Å². The number of rotatable bonds is 10. The standard InChI is InChI=1S/C26H28Cl3NO8/c1-2-13-32-24-20(30-25(31)34-16-26(27,28)29)22(38-35-14-17-9-5-3-6-10-17)21-19(36-24)15-33-23(37-21)18-11-7-4-8-12-18/h2-12,19-24H,1,13-16H2,(H,30,31)/t19-,20-,21-,22-,23?,24+/m1/s1. The summed E-state index contributed by atoms with van der Waals surface area (Å²) < 4.78 is 27.4. The number of carbonyl (C=O) groups excluding carboxylic acids is 1. The largest absolute Gasteiger partial charge is 0.445 e. The Morgan fingerprint density at radius 3 is 2.47 bits per heavy atom. The molecular formula is C26H28Cl3NO8. The van der Waals surface area contributed by atoms with E-state index in [1.807, 2.05) is 60.7 Å². The number of amides is 1. The van der Waals surface area contributed by atoms with Crippen LogP contribution < -0.4 is 5.32 Å². The van der Waals surface area contributed by atoms with Gasteiger partial charge in [0.1, 0.15) is 37.6 Å². The highest BCUT2D eigenvalue weighted by atomic mass is 35.6. The van der Waals surface area contributed by atoms with E-state index in [1.165, 1.54) is 0 Å². The number of benzene rings is 2. The molecule has 2 aliphatic heterocycles. The minimum atomic E-state index is -1.79. The van der Waals surface area contributed by atoms with Crippen molar-refractivity contribution in [2.75, 3.05) is 19.8 Å². The summed E-state index contributed by atoms with van der Waals surface area (Å²) in [7, 11) is 0. The van der Waals surface area contributed by atoms with E-state index in [4.69, 9.17) is 68.3 Å². The monoisotopic (exact) mass is 587 g/mol. The molecule has 206 valence electrons. The van der Waals surface area contributed by atoms with Crippen LogP contribution in [-0.2, 0) is 40.1 Å². The quantitative estimate of drug-likeness (QED) is 0.179. The number of hydrogen-bond acceptors (Lipinski definition) is 8. The van der Waals surface area contributed by atoms with Crippen molar-refractivity contribution >= 4 is 40.9 Å². The van der Waals surface area contributed by atoms with Gasteiger partial charge in [-0.15, -0.1) is 6.58 Å². The lowest BCUT2D eigenvalue weighted by atomic mass is 9.95. The summed E-state index contributed by atoms with van der Waals surface area (Å²) in [5.74, 6) is 0. The molecule has 9 nitrogen and oxygen atoms in total. The van der Waals surface area contributed by atoms with Crippen LogP contribution in [0.25, 0.3) is 0 Å². The van der Waals surface area contributed by atoms with Crippen LogP contribution in [0.3, 0.4) is 0 Å². The number of hydrogen-bond donors (Lipinski definition) is 1. The van der Waals surface area contributed by atoms with Crippen molar-refractivity contribution in [3.8, 4) is 0 Å². The summed E-state index contributed by atoms with van der Waals surface area (Å²) in [4.78, 5) is 24.2. The van der Waals surface area contributed by atoms with Crippen molar-refractivity contribution in [1.29, 1.82) is 0 Å². The molecule has 38 heavy (non-hydrogen) atoms. The third-order valence-corrected chi connectivity index (χ3v) is 6.02. The summed E-state index contributed by atoms with van der Waals surface area (Å²) in [6, 6.07) is 18.0. The molecule has 0 spiro atoms. The first-order valence-electron chi connectivity index (χ1n) is 11.9. The summed E-state index contributed by atoms with van der Waals surface area (Å²) >= 11 is 17.2. The van der Waals surface area contributed by atoms with Crippen LogP contribution in [0.15, 0.2) is 73.3 Å². The van der Waals surface area contributed by atoms with Gasteiger partial charge in [0, 0.05) is 5.56 Å². The third-order valence-electron chi connectivity index (χ3n) is 5.69. The summed E-state index contributed by atoms with van der Waals surface area (Å²) in [6.45, 7) is 3.66. The maximum Gasteiger partial charge on any atom is 0.407 e. The van der Waals surface area contributed by atoms with E-state index < -0.39 is 53.4 Å². The van der Waals surface area contributed by atoms with E-state index in [0.717, 1.165) is 11.1 Å². The predicted octanol–water partition coefficient (Wildman–Crippen LogP) is 5.01. The predicted molar refractivity (Wildman–Crippen MR) is 139 cm³/mol. The minimum absolute atomic E-state index is 0.134. The molecule has 0 radical (unpaired) electrons. The zero-order valence-electron chi connectivity index (χ0n) is 20.3. The van der Waals surface area contributed by atoms with Crippen LogP contribution >= 0.6 is 34.8 Å². The van der Waals surface area contributed by atoms with E-state index in [0.29, 0.717) is 0 Å². The molecule has 1 amide bonds. The molecule has 1 unspecified atom stereocenters.